The standard InChI is InChI=1S/C17H16N2O3/c1-11-6-4-7-12(10-11)16-18-19-17(22-16)13-8-5-9-14(20-2)15(13)21-3/h4-10H,1-3H3. The monoisotopic (exact) mass is 296 g/mol. The fourth-order valence-electron chi connectivity index (χ4n) is 2.28. The summed E-state index contributed by atoms with van der Waals surface area (Å²) in [6, 6.07) is 13.4. The fraction of sp³-hybridized carbons (Fsp3) is 0.176. The van der Waals surface area contributed by atoms with Crippen LogP contribution in [0.15, 0.2) is 46.9 Å². The molecule has 1 aromatic heterocycles. The molecule has 5 heteroatoms. The third-order valence-corrected chi connectivity index (χ3v) is 3.32. The Kier molecular flexibility index (Phi) is 3.78. The first-order valence-corrected chi connectivity index (χ1v) is 6.85. The highest BCUT2D eigenvalue weighted by Crippen LogP contribution is 2.37. The zero-order chi connectivity index (χ0) is 15.5. The summed E-state index contributed by atoms with van der Waals surface area (Å²) in [4.78, 5) is 0. The van der Waals surface area contributed by atoms with Crippen LogP contribution >= 0.6 is 0 Å². The van der Waals surface area contributed by atoms with Gasteiger partial charge in [-0.2, -0.15) is 0 Å². The Bertz CT molecular complexity index is 796. The molecule has 0 amide bonds. The summed E-state index contributed by atoms with van der Waals surface area (Å²) in [7, 11) is 3.17. The Morgan fingerprint density at radius 1 is 0.909 bits per heavy atom. The number of rotatable bonds is 4. The van der Waals surface area contributed by atoms with Crippen molar-refractivity contribution in [3.63, 3.8) is 0 Å². The van der Waals surface area contributed by atoms with Crippen LogP contribution in [0.3, 0.4) is 0 Å². The maximum Gasteiger partial charge on any atom is 0.252 e. The number of hydrogen-bond acceptors (Lipinski definition) is 5. The van der Waals surface area contributed by atoms with Gasteiger partial charge in [0.05, 0.1) is 19.8 Å². The van der Waals surface area contributed by atoms with E-state index in [2.05, 4.69) is 10.2 Å². The molecular formula is C17H16N2O3. The number of methoxy groups -OCH3 is 2. The maximum atomic E-state index is 5.79. The average molecular weight is 296 g/mol. The number of aryl methyl sites for hydroxylation is 1. The molecule has 0 bridgehead atoms. The van der Waals surface area contributed by atoms with Crippen molar-refractivity contribution < 1.29 is 13.9 Å². The van der Waals surface area contributed by atoms with Crippen molar-refractivity contribution in [3.8, 4) is 34.4 Å². The molecule has 0 radical (unpaired) electrons. The van der Waals surface area contributed by atoms with Crippen molar-refractivity contribution >= 4 is 0 Å². The summed E-state index contributed by atoms with van der Waals surface area (Å²) in [5.74, 6) is 2.07. The minimum absolute atomic E-state index is 0.396. The molecule has 1 heterocycles. The quantitative estimate of drug-likeness (QED) is 0.734. The van der Waals surface area contributed by atoms with E-state index in [1.54, 1.807) is 14.2 Å². The molecule has 3 aromatic rings. The molecule has 0 aliphatic rings. The Balaban J connectivity index is 2.05. The Morgan fingerprint density at radius 2 is 1.68 bits per heavy atom. The van der Waals surface area contributed by atoms with Crippen LogP contribution in [-0.4, -0.2) is 24.4 Å². The van der Waals surface area contributed by atoms with Crippen molar-refractivity contribution in [1.82, 2.24) is 10.2 Å². The van der Waals surface area contributed by atoms with Crippen LogP contribution in [0.4, 0.5) is 0 Å². The Labute approximate surface area is 128 Å². The highest BCUT2D eigenvalue weighted by atomic mass is 16.5. The van der Waals surface area contributed by atoms with E-state index in [1.165, 1.54) is 0 Å². The van der Waals surface area contributed by atoms with E-state index in [-0.39, 0.29) is 0 Å². The van der Waals surface area contributed by atoms with E-state index in [0.717, 1.165) is 11.1 Å². The molecule has 0 fully saturated rings. The van der Waals surface area contributed by atoms with Gasteiger partial charge in [0.25, 0.3) is 5.89 Å². The highest BCUT2D eigenvalue weighted by molar-refractivity contribution is 5.68. The van der Waals surface area contributed by atoms with Crippen LogP contribution in [0.2, 0.25) is 0 Å². The lowest BCUT2D eigenvalue weighted by atomic mass is 10.1. The first-order chi connectivity index (χ1) is 10.7. The van der Waals surface area contributed by atoms with Gasteiger partial charge in [0.15, 0.2) is 11.5 Å². The summed E-state index contributed by atoms with van der Waals surface area (Å²) in [6.07, 6.45) is 0. The normalized spacial score (nSPS) is 10.5. The average Bonchev–Trinajstić information content (AvgIpc) is 3.03. The molecule has 5 nitrogen and oxygen atoms in total. The van der Waals surface area contributed by atoms with Gasteiger partial charge in [0.1, 0.15) is 0 Å². The third kappa shape index (κ3) is 2.53. The van der Waals surface area contributed by atoms with Crippen LogP contribution < -0.4 is 9.47 Å². The lowest BCUT2D eigenvalue weighted by molar-refractivity contribution is 0.355. The summed E-state index contributed by atoms with van der Waals surface area (Å²) in [5, 5.41) is 8.25. The smallest absolute Gasteiger partial charge is 0.252 e. The minimum atomic E-state index is 0.396. The first kappa shape index (κ1) is 14.1. The molecule has 0 atom stereocenters. The lowest BCUT2D eigenvalue weighted by Crippen LogP contribution is -1.93. The summed E-state index contributed by atoms with van der Waals surface area (Å²) in [6.45, 7) is 2.02. The molecule has 3 rings (SSSR count). The molecule has 0 saturated carbocycles. The van der Waals surface area contributed by atoms with Gasteiger partial charge in [0.2, 0.25) is 5.89 Å². The van der Waals surface area contributed by atoms with E-state index in [0.29, 0.717) is 28.8 Å². The number of para-hydroxylation sites is 1. The second-order valence-corrected chi connectivity index (χ2v) is 4.82. The minimum Gasteiger partial charge on any atom is -0.493 e. The first-order valence-electron chi connectivity index (χ1n) is 6.85. The van der Waals surface area contributed by atoms with Crippen LogP contribution in [0.25, 0.3) is 22.9 Å². The highest BCUT2D eigenvalue weighted by Gasteiger charge is 2.17. The second-order valence-electron chi connectivity index (χ2n) is 4.82. The topological polar surface area (TPSA) is 57.4 Å². The van der Waals surface area contributed by atoms with E-state index in [1.807, 2.05) is 49.4 Å². The number of ether oxygens (including phenoxy) is 2. The van der Waals surface area contributed by atoms with Gasteiger partial charge in [-0.25, -0.2) is 0 Å². The Morgan fingerprint density at radius 3 is 2.41 bits per heavy atom. The van der Waals surface area contributed by atoms with Gasteiger partial charge < -0.3 is 13.9 Å². The van der Waals surface area contributed by atoms with Crippen molar-refractivity contribution in [3.05, 3.63) is 48.0 Å². The van der Waals surface area contributed by atoms with Gasteiger partial charge in [0, 0.05) is 5.56 Å². The fourth-order valence-corrected chi connectivity index (χ4v) is 2.28. The largest absolute Gasteiger partial charge is 0.493 e. The van der Waals surface area contributed by atoms with E-state index in [9.17, 15) is 0 Å². The molecular weight excluding hydrogens is 280 g/mol. The lowest BCUT2D eigenvalue weighted by Gasteiger charge is -2.09. The zero-order valence-electron chi connectivity index (χ0n) is 12.7. The predicted octanol–water partition coefficient (Wildman–Crippen LogP) is 3.73. The molecule has 0 N–H and O–H groups in total. The van der Waals surface area contributed by atoms with Crippen LogP contribution in [0.1, 0.15) is 5.56 Å². The van der Waals surface area contributed by atoms with Crippen LogP contribution in [0.5, 0.6) is 11.5 Å². The van der Waals surface area contributed by atoms with Gasteiger partial charge in [-0.1, -0.05) is 23.8 Å². The van der Waals surface area contributed by atoms with Crippen LogP contribution in [0, 0.1) is 6.92 Å². The molecule has 0 aliphatic carbocycles. The van der Waals surface area contributed by atoms with E-state index >= 15 is 0 Å². The Hall–Kier alpha value is -2.82. The number of benzene rings is 2. The van der Waals surface area contributed by atoms with E-state index < -0.39 is 0 Å². The van der Waals surface area contributed by atoms with E-state index in [4.69, 9.17) is 13.9 Å². The maximum absolute atomic E-state index is 5.79. The van der Waals surface area contributed by atoms with Gasteiger partial charge in [-0.3, -0.25) is 0 Å². The van der Waals surface area contributed by atoms with Gasteiger partial charge in [-0.15, -0.1) is 10.2 Å². The molecule has 2 aromatic carbocycles. The molecule has 0 saturated heterocycles. The number of hydrogen-bond donors (Lipinski definition) is 0. The third-order valence-electron chi connectivity index (χ3n) is 3.32. The number of aromatic nitrogens is 2. The number of nitrogens with zero attached hydrogens (tertiary/aromatic N) is 2. The molecule has 0 unspecified atom stereocenters. The second kappa shape index (κ2) is 5.89. The van der Waals surface area contributed by atoms with Crippen molar-refractivity contribution in [1.29, 1.82) is 0 Å². The van der Waals surface area contributed by atoms with Gasteiger partial charge in [-0.05, 0) is 31.2 Å². The SMILES string of the molecule is COc1cccc(-c2nnc(-c3cccc(C)c3)o2)c1OC. The molecule has 0 aliphatic heterocycles. The summed E-state index contributed by atoms with van der Waals surface area (Å²) >= 11 is 0. The molecule has 112 valence electrons. The zero-order valence-corrected chi connectivity index (χ0v) is 12.7. The van der Waals surface area contributed by atoms with Crippen molar-refractivity contribution in [2.24, 2.45) is 0 Å². The predicted molar refractivity (Wildman–Crippen MR) is 83.0 cm³/mol. The molecule has 0 spiro atoms. The van der Waals surface area contributed by atoms with Crippen LogP contribution in [-0.2, 0) is 0 Å². The van der Waals surface area contributed by atoms with Crippen molar-refractivity contribution in [2.75, 3.05) is 14.2 Å². The van der Waals surface area contributed by atoms with Crippen molar-refractivity contribution in [2.45, 2.75) is 6.92 Å². The summed E-state index contributed by atoms with van der Waals surface area (Å²) < 4.78 is 16.5. The molecule has 22 heavy (non-hydrogen) atoms. The van der Waals surface area contributed by atoms with Gasteiger partial charge >= 0.3 is 0 Å². The summed E-state index contributed by atoms with van der Waals surface area (Å²) in [5.41, 5.74) is 2.73.